The third kappa shape index (κ3) is 5.66. The molecule has 4 nitrogen and oxygen atoms in total. The van der Waals surface area contributed by atoms with Crippen molar-refractivity contribution in [3.05, 3.63) is 0 Å². The van der Waals surface area contributed by atoms with E-state index in [9.17, 15) is 15.3 Å². The van der Waals surface area contributed by atoms with E-state index < -0.39 is 0 Å². The molecule has 0 aromatic carbocycles. The quantitative estimate of drug-likeness (QED) is 0.623. The van der Waals surface area contributed by atoms with E-state index in [2.05, 4.69) is 13.8 Å². The lowest BCUT2D eigenvalue weighted by Gasteiger charge is -2.47. The molecule has 4 heteroatoms. The van der Waals surface area contributed by atoms with Gasteiger partial charge in [-0.2, -0.15) is 0 Å². The zero-order valence-electron chi connectivity index (χ0n) is 16.5. The van der Waals surface area contributed by atoms with Gasteiger partial charge in [-0.3, -0.25) is 0 Å². The van der Waals surface area contributed by atoms with Gasteiger partial charge in [0.15, 0.2) is 0 Å². The first-order valence-electron chi connectivity index (χ1n) is 10.4. The number of hydrogen-bond donors (Lipinski definition) is 3. The maximum atomic E-state index is 9.42. The molecule has 148 valence electrons. The van der Waals surface area contributed by atoms with E-state index >= 15 is 0 Å². The molecule has 2 fully saturated rings. The van der Waals surface area contributed by atoms with Crippen molar-refractivity contribution in [2.24, 2.45) is 29.1 Å². The first-order valence-corrected chi connectivity index (χ1v) is 10.4. The Morgan fingerprint density at radius 1 is 0.880 bits per heavy atom. The SMILES string of the molecule is CC(O)COC1CCC(C(C)(C)C2CCC(C(CO)CO)CC2)CC1. The Balaban J connectivity index is 1.80. The van der Waals surface area contributed by atoms with Crippen molar-refractivity contribution in [3.63, 3.8) is 0 Å². The molecule has 0 aromatic heterocycles. The van der Waals surface area contributed by atoms with Crippen LogP contribution < -0.4 is 0 Å². The lowest BCUT2D eigenvalue weighted by Crippen LogP contribution is -2.39. The van der Waals surface area contributed by atoms with Crippen LogP contribution in [0.5, 0.6) is 0 Å². The van der Waals surface area contributed by atoms with Crippen molar-refractivity contribution in [2.45, 2.75) is 84.3 Å². The van der Waals surface area contributed by atoms with Gasteiger partial charge in [-0.05, 0) is 81.5 Å². The summed E-state index contributed by atoms with van der Waals surface area (Å²) in [6.07, 6.45) is 9.40. The normalized spacial score (nSPS) is 32.8. The van der Waals surface area contributed by atoms with Crippen molar-refractivity contribution in [1.82, 2.24) is 0 Å². The first kappa shape index (κ1) is 21.1. The molecule has 2 aliphatic rings. The molecule has 25 heavy (non-hydrogen) atoms. The summed E-state index contributed by atoms with van der Waals surface area (Å²) in [5, 5.41) is 28.2. The minimum atomic E-state index is -0.369. The van der Waals surface area contributed by atoms with Crippen molar-refractivity contribution < 1.29 is 20.1 Å². The highest BCUT2D eigenvalue weighted by molar-refractivity contribution is 4.91. The van der Waals surface area contributed by atoms with Crippen LogP contribution in [0.3, 0.4) is 0 Å². The van der Waals surface area contributed by atoms with Crippen LogP contribution in [-0.2, 0) is 4.74 Å². The van der Waals surface area contributed by atoms with Gasteiger partial charge in [0.25, 0.3) is 0 Å². The van der Waals surface area contributed by atoms with Crippen LogP contribution in [0.2, 0.25) is 0 Å². The Morgan fingerprint density at radius 3 is 1.80 bits per heavy atom. The van der Waals surface area contributed by atoms with Gasteiger partial charge in [0.05, 0.1) is 18.8 Å². The molecule has 0 radical (unpaired) electrons. The molecule has 2 rings (SSSR count). The zero-order chi connectivity index (χ0) is 18.4. The third-order valence-corrected chi connectivity index (χ3v) is 7.26. The molecular formula is C21H40O4. The van der Waals surface area contributed by atoms with Gasteiger partial charge >= 0.3 is 0 Å². The minimum Gasteiger partial charge on any atom is -0.396 e. The summed E-state index contributed by atoms with van der Waals surface area (Å²) >= 11 is 0. The van der Waals surface area contributed by atoms with Gasteiger partial charge in [-0.1, -0.05) is 13.8 Å². The summed E-state index contributed by atoms with van der Waals surface area (Å²) in [6.45, 7) is 7.38. The topological polar surface area (TPSA) is 69.9 Å². The van der Waals surface area contributed by atoms with Crippen molar-refractivity contribution in [3.8, 4) is 0 Å². The number of rotatable bonds is 8. The lowest BCUT2D eigenvalue weighted by atomic mass is 9.59. The first-order chi connectivity index (χ1) is 11.9. The average molecular weight is 357 g/mol. The van der Waals surface area contributed by atoms with Crippen LogP contribution in [0, 0.1) is 29.1 Å². The van der Waals surface area contributed by atoms with Crippen LogP contribution in [-0.4, -0.2) is 47.3 Å². The second-order valence-corrected chi connectivity index (χ2v) is 9.21. The molecule has 2 saturated carbocycles. The van der Waals surface area contributed by atoms with E-state index in [1.54, 1.807) is 6.92 Å². The fourth-order valence-corrected chi connectivity index (χ4v) is 5.27. The molecular weight excluding hydrogens is 316 g/mol. The van der Waals surface area contributed by atoms with Gasteiger partial charge in [0, 0.05) is 19.1 Å². The van der Waals surface area contributed by atoms with Crippen molar-refractivity contribution in [2.75, 3.05) is 19.8 Å². The van der Waals surface area contributed by atoms with Gasteiger partial charge < -0.3 is 20.1 Å². The van der Waals surface area contributed by atoms with E-state index in [-0.39, 0.29) is 25.2 Å². The van der Waals surface area contributed by atoms with Gasteiger partial charge in [-0.25, -0.2) is 0 Å². The molecule has 0 saturated heterocycles. The Morgan fingerprint density at radius 2 is 1.36 bits per heavy atom. The third-order valence-electron chi connectivity index (χ3n) is 7.26. The smallest absolute Gasteiger partial charge is 0.0745 e. The highest BCUT2D eigenvalue weighted by atomic mass is 16.5. The molecule has 0 amide bonds. The van der Waals surface area contributed by atoms with E-state index in [0.717, 1.165) is 37.5 Å². The molecule has 1 atom stereocenters. The second kappa shape index (κ2) is 9.68. The highest BCUT2D eigenvalue weighted by Gasteiger charge is 2.41. The molecule has 0 bridgehead atoms. The van der Waals surface area contributed by atoms with Crippen molar-refractivity contribution >= 4 is 0 Å². The van der Waals surface area contributed by atoms with Crippen LogP contribution >= 0.6 is 0 Å². The Hall–Kier alpha value is -0.160. The summed E-state index contributed by atoms with van der Waals surface area (Å²) in [6, 6.07) is 0. The second-order valence-electron chi connectivity index (χ2n) is 9.21. The van der Waals surface area contributed by atoms with Crippen LogP contribution in [0.25, 0.3) is 0 Å². The monoisotopic (exact) mass is 356 g/mol. The molecule has 0 aromatic rings. The van der Waals surface area contributed by atoms with E-state index in [1.807, 2.05) is 0 Å². The Kier molecular flexibility index (Phi) is 8.19. The summed E-state index contributed by atoms with van der Waals surface area (Å²) in [4.78, 5) is 0. The molecule has 1 unspecified atom stereocenters. The fourth-order valence-electron chi connectivity index (χ4n) is 5.27. The maximum Gasteiger partial charge on any atom is 0.0745 e. The number of aliphatic hydroxyl groups is 3. The fraction of sp³-hybridized carbons (Fsp3) is 1.00. The van der Waals surface area contributed by atoms with E-state index in [4.69, 9.17) is 4.74 Å². The summed E-state index contributed by atoms with van der Waals surface area (Å²) in [5.74, 6) is 2.07. The van der Waals surface area contributed by atoms with Gasteiger partial charge in [0.1, 0.15) is 0 Å². The van der Waals surface area contributed by atoms with E-state index in [1.165, 1.54) is 25.7 Å². The number of ether oxygens (including phenoxy) is 1. The number of hydrogen-bond acceptors (Lipinski definition) is 4. The summed E-state index contributed by atoms with van der Waals surface area (Å²) in [7, 11) is 0. The molecule has 2 aliphatic carbocycles. The largest absolute Gasteiger partial charge is 0.396 e. The van der Waals surface area contributed by atoms with Gasteiger partial charge in [0.2, 0.25) is 0 Å². The summed E-state index contributed by atoms with van der Waals surface area (Å²) in [5.41, 5.74) is 0.355. The lowest BCUT2D eigenvalue weighted by molar-refractivity contribution is -0.0445. The standard InChI is InChI=1S/C21H40O4/c1-15(24)14-25-20-10-8-19(9-11-20)21(2,3)18-6-4-16(5-7-18)17(12-22)13-23/h15-20,22-24H,4-14H2,1-3H3. The minimum absolute atomic E-state index is 0.0746. The van der Waals surface area contributed by atoms with Gasteiger partial charge in [-0.15, -0.1) is 0 Å². The summed E-state index contributed by atoms with van der Waals surface area (Å²) < 4.78 is 5.82. The maximum absolute atomic E-state index is 9.42. The van der Waals surface area contributed by atoms with Crippen LogP contribution in [0.4, 0.5) is 0 Å². The highest BCUT2D eigenvalue weighted by Crippen LogP contribution is 2.50. The predicted octanol–water partition coefficient (Wildman–Crippen LogP) is 3.38. The van der Waals surface area contributed by atoms with Crippen molar-refractivity contribution in [1.29, 1.82) is 0 Å². The van der Waals surface area contributed by atoms with E-state index in [0.29, 0.717) is 24.0 Å². The Bertz CT molecular complexity index is 362. The zero-order valence-corrected chi connectivity index (χ0v) is 16.5. The van der Waals surface area contributed by atoms with Crippen LogP contribution in [0.1, 0.15) is 72.1 Å². The molecule has 0 aliphatic heterocycles. The van der Waals surface area contributed by atoms with Crippen LogP contribution in [0.15, 0.2) is 0 Å². The Labute approximate surface area is 154 Å². The molecule has 0 spiro atoms. The average Bonchev–Trinajstić information content (AvgIpc) is 2.62. The predicted molar refractivity (Wildman–Crippen MR) is 100 cm³/mol. The molecule has 0 heterocycles. The number of aliphatic hydroxyl groups excluding tert-OH is 3. The molecule has 3 N–H and O–H groups in total.